The van der Waals surface area contributed by atoms with Crippen molar-refractivity contribution in [2.75, 3.05) is 26.4 Å². The molecule has 0 aromatic carbocycles. The molecule has 0 radical (unpaired) electrons. The van der Waals surface area contributed by atoms with E-state index in [1.807, 2.05) is 0 Å². The molecule has 0 atom stereocenters. The first-order chi connectivity index (χ1) is 7.06. The Morgan fingerprint density at radius 1 is 1.33 bits per heavy atom. The summed E-state index contributed by atoms with van der Waals surface area (Å²) in [6.07, 6.45) is 0.286. The topological polar surface area (TPSA) is 70.1 Å². The fraction of sp³-hybridized carbons (Fsp3) is 0.556. The number of amides is 2. The average Bonchev–Trinajstić information content (AvgIpc) is 2.58. The summed E-state index contributed by atoms with van der Waals surface area (Å²) < 4.78 is 5.44. The smallest absolute Gasteiger partial charge is 0.407 e. The molecule has 0 aromatic rings. The van der Waals surface area contributed by atoms with Crippen LogP contribution in [-0.4, -0.2) is 58.9 Å². The van der Waals surface area contributed by atoms with Gasteiger partial charge < -0.3 is 19.6 Å². The zero-order valence-electron chi connectivity index (χ0n) is 8.18. The maximum Gasteiger partial charge on any atom is 0.407 e. The molecule has 1 spiro atoms. The number of carbonyl (C=O) groups is 2. The second-order valence-electron chi connectivity index (χ2n) is 3.84. The van der Waals surface area contributed by atoms with Gasteiger partial charge in [0.25, 0.3) is 0 Å². The van der Waals surface area contributed by atoms with E-state index in [0.29, 0.717) is 19.6 Å². The first kappa shape index (κ1) is 9.97. The summed E-state index contributed by atoms with van der Waals surface area (Å²) in [5.74, 6) is -0.180. The molecule has 1 N–H and O–H groups in total. The molecule has 2 amide bonds. The Labute approximate surface area is 86.7 Å². The first-order valence-corrected chi connectivity index (χ1v) is 4.59. The van der Waals surface area contributed by atoms with Gasteiger partial charge in [-0.15, -0.1) is 0 Å². The number of likely N-dealkylation sites (tertiary alicyclic amines) is 1. The van der Waals surface area contributed by atoms with Gasteiger partial charge in [-0.2, -0.15) is 0 Å². The van der Waals surface area contributed by atoms with Crippen LogP contribution in [0.1, 0.15) is 0 Å². The molecule has 2 aliphatic heterocycles. The lowest BCUT2D eigenvalue weighted by molar-refractivity contribution is -0.126. The molecule has 2 fully saturated rings. The summed E-state index contributed by atoms with van der Waals surface area (Å²) in [7, 11) is 0. The van der Waals surface area contributed by atoms with Gasteiger partial charge in [-0.05, 0) is 6.08 Å². The van der Waals surface area contributed by atoms with Gasteiger partial charge in [0.15, 0.2) is 0 Å². The quantitative estimate of drug-likeness (QED) is 0.607. The highest BCUT2D eigenvalue weighted by Crippen LogP contribution is 2.31. The molecular formula is C9H12N2O4. The number of hydrogen-bond donors (Lipinski definition) is 1. The van der Waals surface area contributed by atoms with E-state index in [0.717, 1.165) is 0 Å². The summed E-state index contributed by atoms with van der Waals surface area (Å²) in [5, 5.41) is 8.67. The van der Waals surface area contributed by atoms with Crippen LogP contribution in [0.3, 0.4) is 0 Å². The lowest BCUT2D eigenvalue weighted by atomic mass is 9.95. The van der Waals surface area contributed by atoms with E-state index in [1.165, 1.54) is 15.9 Å². The van der Waals surface area contributed by atoms with Crippen molar-refractivity contribution in [3.63, 3.8) is 0 Å². The normalized spacial score (nSPS) is 22.7. The Hall–Kier alpha value is -1.56. The molecule has 0 aliphatic carbocycles. The van der Waals surface area contributed by atoms with Crippen LogP contribution >= 0.6 is 0 Å². The van der Waals surface area contributed by atoms with Crippen LogP contribution in [0, 0.1) is 0 Å². The third kappa shape index (κ3) is 1.56. The molecule has 2 saturated heterocycles. The van der Waals surface area contributed by atoms with Crippen molar-refractivity contribution >= 4 is 12.0 Å². The lowest BCUT2D eigenvalue weighted by Gasteiger charge is -2.44. The van der Waals surface area contributed by atoms with Crippen LogP contribution in [0.25, 0.3) is 0 Å². The van der Waals surface area contributed by atoms with E-state index >= 15 is 0 Å². The molecule has 6 heteroatoms. The van der Waals surface area contributed by atoms with Crippen LogP contribution < -0.4 is 0 Å². The van der Waals surface area contributed by atoms with E-state index in [-0.39, 0.29) is 12.6 Å². The predicted octanol–water partition coefficient (Wildman–Crippen LogP) is -0.279. The lowest BCUT2D eigenvalue weighted by Crippen LogP contribution is -2.65. The first-order valence-electron chi connectivity index (χ1n) is 4.59. The van der Waals surface area contributed by atoms with E-state index in [4.69, 9.17) is 9.84 Å². The van der Waals surface area contributed by atoms with Gasteiger partial charge in [-0.25, -0.2) is 4.79 Å². The highest BCUT2D eigenvalue weighted by Gasteiger charge is 2.51. The number of rotatable bonds is 1. The maximum absolute atomic E-state index is 11.3. The van der Waals surface area contributed by atoms with E-state index in [9.17, 15) is 9.59 Å². The van der Waals surface area contributed by atoms with E-state index in [1.54, 1.807) is 0 Å². The second-order valence-corrected chi connectivity index (χ2v) is 3.84. The molecule has 15 heavy (non-hydrogen) atoms. The Morgan fingerprint density at radius 2 is 1.93 bits per heavy atom. The fourth-order valence-corrected chi connectivity index (χ4v) is 1.90. The summed E-state index contributed by atoms with van der Waals surface area (Å²) >= 11 is 0. The van der Waals surface area contributed by atoms with Gasteiger partial charge in [-0.3, -0.25) is 4.79 Å². The zero-order chi connectivity index (χ0) is 11.1. The van der Waals surface area contributed by atoms with Crippen LogP contribution in [0.15, 0.2) is 12.7 Å². The standard InChI is InChI=1S/C9H12N2O4/c1-2-7(12)11-5-9(15-6-11)3-10(4-9)8(13)14/h2H,1,3-6H2,(H,13,14). The van der Waals surface area contributed by atoms with Crippen molar-refractivity contribution in [2.45, 2.75) is 5.60 Å². The summed E-state index contributed by atoms with van der Waals surface area (Å²) in [4.78, 5) is 24.6. The SMILES string of the molecule is C=CC(=O)N1COC2(CN(C(=O)O)C2)C1. The number of carboxylic acid groups (broad SMARTS) is 1. The maximum atomic E-state index is 11.3. The Kier molecular flexibility index (Phi) is 2.15. The summed E-state index contributed by atoms with van der Waals surface area (Å²) in [5.41, 5.74) is -0.475. The third-order valence-electron chi connectivity index (χ3n) is 2.72. The van der Waals surface area contributed by atoms with Gasteiger partial charge >= 0.3 is 6.09 Å². The van der Waals surface area contributed by atoms with E-state index in [2.05, 4.69) is 6.58 Å². The molecule has 2 rings (SSSR count). The average molecular weight is 212 g/mol. The number of nitrogens with zero attached hydrogens (tertiary/aromatic N) is 2. The van der Waals surface area contributed by atoms with Crippen molar-refractivity contribution in [1.82, 2.24) is 9.80 Å². The molecule has 0 aromatic heterocycles. The van der Waals surface area contributed by atoms with E-state index < -0.39 is 11.7 Å². The Balaban J connectivity index is 1.92. The minimum absolute atomic E-state index is 0.180. The van der Waals surface area contributed by atoms with Gasteiger partial charge in [-0.1, -0.05) is 6.58 Å². The van der Waals surface area contributed by atoms with Gasteiger partial charge in [0.2, 0.25) is 5.91 Å². The van der Waals surface area contributed by atoms with Crippen LogP contribution in [-0.2, 0) is 9.53 Å². The molecule has 2 aliphatic rings. The second kappa shape index (κ2) is 3.23. The fourth-order valence-electron chi connectivity index (χ4n) is 1.90. The molecule has 0 unspecified atom stereocenters. The van der Waals surface area contributed by atoms with Crippen molar-refractivity contribution in [3.8, 4) is 0 Å². The van der Waals surface area contributed by atoms with Crippen molar-refractivity contribution in [1.29, 1.82) is 0 Å². The number of hydrogen-bond acceptors (Lipinski definition) is 3. The molecule has 0 saturated carbocycles. The van der Waals surface area contributed by atoms with Gasteiger partial charge in [0.1, 0.15) is 12.3 Å². The van der Waals surface area contributed by atoms with Crippen LogP contribution in [0.5, 0.6) is 0 Å². The minimum atomic E-state index is -0.947. The summed E-state index contributed by atoms with van der Waals surface area (Å²) in [6.45, 7) is 4.73. The van der Waals surface area contributed by atoms with Gasteiger partial charge in [0.05, 0.1) is 19.6 Å². The van der Waals surface area contributed by atoms with Crippen molar-refractivity contribution in [2.24, 2.45) is 0 Å². The van der Waals surface area contributed by atoms with Crippen LogP contribution in [0.4, 0.5) is 4.79 Å². The van der Waals surface area contributed by atoms with Gasteiger partial charge in [0, 0.05) is 0 Å². The molecule has 82 valence electrons. The molecule has 6 nitrogen and oxygen atoms in total. The Morgan fingerprint density at radius 3 is 2.47 bits per heavy atom. The monoisotopic (exact) mass is 212 g/mol. The highest BCUT2D eigenvalue weighted by molar-refractivity contribution is 5.87. The third-order valence-corrected chi connectivity index (χ3v) is 2.72. The van der Waals surface area contributed by atoms with Crippen LogP contribution in [0.2, 0.25) is 0 Å². The minimum Gasteiger partial charge on any atom is -0.465 e. The summed E-state index contributed by atoms with van der Waals surface area (Å²) in [6, 6.07) is 0. The molecular weight excluding hydrogens is 200 g/mol. The molecule has 0 bridgehead atoms. The van der Waals surface area contributed by atoms with Crippen molar-refractivity contribution in [3.05, 3.63) is 12.7 Å². The predicted molar refractivity (Wildman–Crippen MR) is 50.2 cm³/mol. The van der Waals surface area contributed by atoms with Crippen molar-refractivity contribution < 1.29 is 19.4 Å². The zero-order valence-corrected chi connectivity index (χ0v) is 8.18. The highest BCUT2D eigenvalue weighted by atomic mass is 16.5. The molecule has 2 heterocycles. The largest absolute Gasteiger partial charge is 0.465 e. The number of ether oxygens (including phenoxy) is 1. The number of carbonyl (C=O) groups excluding carboxylic acids is 1. The Bertz CT molecular complexity index is 322.